The van der Waals surface area contributed by atoms with Gasteiger partial charge in [-0.1, -0.05) is 41.4 Å². The van der Waals surface area contributed by atoms with E-state index in [4.69, 9.17) is 16.3 Å². The number of hydrogen-bond donors (Lipinski definition) is 1. The number of benzene rings is 3. The minimum Gasteiger partial charge on any atom is -0.489 e. The summed E-state index contributed by atoms with van der Waals surface area (Å²) in [5, 5.41) is 14.9. The van der Waals surface area contributed by atoms with Gasteiger partial charge in [0.15, 0.2) is 0 Å². The molecule has 30 heavy (non-hydrogen) atoms. The SMILES string of the molecule is Cc1ccc(COc2ccc(C(=O)N/N=C\c3cc([N+](=O)[O-])ccc3Cl)cc2)cc1. The molecule has 0 fully saturated rings. The Bertz CT molecular complexity index is 1080. The topological polar surface area (TPSA) is 93.8 Å². The lowest BCUT2D eigenvalue weighted by Crippen LogP contribution is -2.17. The first kappa shape index (κ1) is 21.0. The highest BCUT2D eigenvalue weighted by molar-refractivity contribution is 6.33. The van der Waals surface area contributed by atoms with Gasteiger partial charge < -0.3 is 4.74 Å². The van der Waals surface area contributed by atoms with Gasteiger partial charge in [0.25, 0.3) is 11.6 Å². The third-order valence-corrected chi connectivity index (χ3v) is 4.55. The molecule has 8 heteroatoms. The molecule has 152 valence electrons. The summed E-state index contributed by atoms with van der Waals surface area (Å²) in [6.45, 7) is 2.46. The van der Waals surface area contributed by atoms with Crippen molar-refractivity contribution < 1.29 is 14.5 Å². The van der Waals surface area contributed by atoms with Gasteiger partial charge in [0.05, 0.1) is 11.1 Å². The molecule has 0 heterocycles. The molecule has 1 amide bonds. The summed E-state index contributed by atoms with van der Waals surface area (Å²) in [6.07, 6.45) is 1.26. The number of halogens is 1. The normalized spacial score (nSPS) is 10.7. The Morgan fingerprint density at radius 3 is 2.50 bits per heavy atom. The molecule has 0 radical (unpaired) electrons. The molecule has 1 N–H and O–H groups in total. The van der Waals surface area contributed by atoms with Crippen molar-refractivity contribution in [1.82, 2.24) is 5.43 Å². The lowest BCUT2D eigenvalue weighted by atomic mass is 10.2. The van der Waals surface area contributed by atoms with Crippen LogP contribution in [0, 0.1) is 17.0 Å². The van der Waals surface area contributed by atoms with Crippen molar-refractivity contribution in [2.45, 2.75) is 13.5 Å². The summed E-state index contributed by atoms with van der Waals surface area (Å²) in [5.41, 5.74) is 5.20. The standard InChI is InChI=1S/C22H18ClN3O4/c1-15-2-4-16(5-3-15)14-30-20-9-6-17(7-10-20)22(27)25-24-13-18-12-19(26(28)29)8-11-21(18)23/h2-13H,14H2,1H3,(H,25,27)/b24-13-. The first-order valence-corrected chi connectivity index (χ1v) is 9.36. The molecule has 3 aromatic carbocycles. The third-order valence-electron chi connectivity index (χ3n) is 4.20. The Kier molecular flexibility index (Phi) is 6.77. The molecule has 0 aliphatic rings. The number of nitrogens with zero attached hydrogens (tertiary/aromatic N) is 2. The lowest BCUT2D eigenvalue weighted by molar-refractivity contribution is -0.384. The van der Waals surface area contributed by atoms with Gasteiger partial charge in [-0.25, -0.2) is 5.43 Å². The Morgan fingerprint density at radius 1 is 1.13 bits per heavy atom. The Hall–Kier alpha value is -3.71. The van der Waals surface area contributed by atoms with E-state index in [0.717, 1.165) is 5.56 Å². The molecule has 0 spiro atoms. The van der Waals surface area contributed by atoms with Crippen molar-refractivity contribution in [2.75, 3.05) is 0 Å². The van der Waals surface area contributed by atoms with Crippen LogP contribution in [0.1, 0.15) is 27.0 Å². The fraction of sp³-hybridized carbons (Fsp3) is 0.0909. The molecule has 3 rings (SSSR count). The minimum atomic E-state index is -0.533. The van der Waals surface area contributed by atoms with Crippen LogP contribution in [0.15, 0.2) is 71.8 Å². The van der Waals surface area contributed by atoms with Crippen molar-refractivity contribution >= 4 is 29.4 Å². The first-order valence-electron chi connectivity index (χ1n) is 8.98. The number of nitro groups is 1. The van der Waals surface area contributed by atoms with Gasteiger partial charge >= 0.3 is 0 Å². The molecule has 0 aliphatic heterocycles. The van der Waals surface area contributed by atoms with Crippen LogP contribution in [-0.4, -0.2) is 17.0 Å². The van der Waals surface area contributed by atoms with E-state index in [9.17, 15) is 14.9 Å². The number of amides is 1. The van der Waals surface area contributed by atoms with E-state index in [-0.39, 0.29) is 10.7 Å². The summed E-state index contributed by atoms with van der Waals surface area (Å²) in [4.78, 5) is 22.5. The van der Waals surface area contributed by atoms with Crippen LogP contribution in [0.3, 0.4) is 0 Å². The van der Waals surface area contributed by atoms with Crippen molar-refractivity contribution in [3.63, 3.8) is 0 Å². The summed E-state index contributed by atoms with van der Waals surface area (Å²) in [7, 11) is 0. The van der Waals surface area contributed by atoms with Crippen molar-refractivity contribution in [3.05, 3.63) is 104 Å². The van der Waals surface area contributed by atoms with E-state index in [1.165, 1.54) is 30.0 Å². The molecule has 0 bridgehead atoms. The van der Waals surface area contributed by atoms with Gasteiger partial charge in [-0.15, -0.1) is 0 Å². The molecule has 0 unspecified atom stereocenters. The lowest BCUT2D eigenvalue weighted by Gasteiger charge is -2.07. The highest BCUT2D eigenvalue weighted by Crippen LogP contribution is 2.20. The van der Waals surface area contributed by atoms with Crippen LogP contribution in [0.4, 0.5) is 5.69 Å². The maximum Gasteiger partial charge on any atom is 0.271 e. The third kappa shape index (κ3) is 5.65. The second kappa shape index (κ2) is 9.67. The number of nitro benzene ring substituents is 1. The minimum absolute atomic E-state index is 0.117. The molecular weight excluding hydrogens is 406 g/mol. The zero-order valence-electron chi connectivity index (χ0n) is 16.0. The van der Waals surface area contributed by atoms with Crippen LogP contribution in [0.25, 0.3) is 0 Å². The number of hydrazone groups is 1. The second-order valence-electron chi connectivity index (χ2n) is 6.46. The zero-order chi connectivity index (χ0) is 21.5. The largest absolute Gasteiger partial charge is 0.489 e. The average molecular weight is 424 g/mol. The number of hydrogen-bond acceptors (Lipinski definition) is 5. The molecule has 7 nitrogen and oxygen atoms in total. The summed E-state index contributed by atoms with van der Waals surface area (Å²) in [5.74, 6) is 0.205. The molecule has 0 saturated carbocycles. The van der Waals surface area contributed by atoms with Gasteiger partial charge in [-0.3, -0.25) is 14.9 Å². The van der Waals surface area contributed by atoms with Crippen LogP contribution in [-0.2, 0) is 6.61 Å². The maximum absolute atomic E-state index is 12.2. The number of non-ortho nitro benzene ring substituents is 1. The Balaban J connectivity index is 1.57. The Labute approximate surface area is 178 Å². The summed E-state index contributed by atoms with van der Waals surface area (Å²) >= 11 is 5.99. The second-order valence-corrected chi connectivity index (χ2v) is 6.87. The molecular formula is C22H18ClN3O4. The molecule has 0 aliphatic carbocycles. The number of nitrogens with one attached hydrogen (secondary N) is 1. The molecule has 0 saturated heterocycles. The van der Waals surface area contributed by atoms with E-state index in [1.54, 1.807) is 24.3 Å². The molecule has 3 aromatic rings. The predicted molar refractivity (Wildman–Crippen MR) is 115 cm³/mol. The van der Waals surface area contributed by atoms with E-state index in [1.807, 2.05) is 31.2 Å². The van der Waals surface area contributed by atoms with E-state index < -0.39 is 10.8 Å². The fourth-order valence-corrected chi connectivity index (χ4v) is 2.69. The Morgan fingerprint density at radius 2 is 1.83 bits per heavy atom. The first-order chi connectivity index (χ1) is 14.4. The number of aryl methyl sites for hydroxylation is 1. The van der Waals surface area contributed by atoms with Crippen molar-refractivity contribution in [1.29, 1.82) is 0 Å². The number of ether oxygens (including phenoxy) is 1. The highest BCUT2D eigenvalue weighted by atomic mass is 35.5. The van der Waals surface area contributed by atoms with Crippen LogP contribution >= 0.6 is 11.6 Å². The van der Waals surface area contributed by atoms with Gasteiger partial charge in [0, 0.05) is 28.3 Å². The van der Waals surface area contributed by atoms with E-state index in [2.05, 4.69) is 10.5 Å². The molecule has 0 aromatic heterocycles. The van der Waals surface area contributed by atoms with E-state index >= 15 is 0 Å². The van der Waals surface area contributed by atoms with Crippen LogP contribution in [0.2, 0.25) is 5.02 Å². The highest BCUT2D eigenvalue weighted by Gasteiger charge is 2.09. The predicted octanol–water partition coefficient (Wildman–Crippen LogP) is 4.90. The van der Waals surface area contributed by atoms with Gasteiger partial charge in [0.1, 0.15) is 12.4 Å². The monoisotopic (exact) mass is 423 g/mol. The van der Waals surface area contributed by atoms with Crippen molar-refractivity contribution in [3.8, 4) is 5.75 Å². The number of carbonyl (C=O) groups is 1. The van der Waals surface area contributed by atoms with E-state index in [0.29, 0.717) is 23.5 Å². The fourth-order valence-electron chi connectivity index (χ4n) is 2.52. The van der Waals surface area contributed by atoms with Gasteiger partial charge in [0.2, 0.25) is 0 Å². The summed E-state index contributed by atoms with van der Waals surface area (Å²) in [6, 6.07) is 18.7. The number of carbonyl (C=O) groups excluding carboxylic acids is 1. The quantitative estimate of drug-likeness (QED) is 0.332. The summed E-state index contributed by atoms with van der Waals surface area (Å²) < 4.78 is 5.72. The smallest absolute Gasteiger partial charge is 0.271 e. The van der Waals surface area contributed by atoms with Gasteiger partial charge in [-0.2, -0.15) is 5.10 Å². The van der Waals surface area contributed by atoms with Gasteiger partial charge in [-0.05, 0) is 42.8 Å². The van der Waals surface area contributed by atoms with Crippen LogP contribution in [0.5, 0.6) is 5.75 Å². The average Bonchev–Trinajstić information content (AvgIpc) is 2.74. The number of rotatable bonds is 7. The zero-order valence-corrected chi connectivity index (χ0v) is 16.8. The maximum atomic E-state index is 12.2. The van der Waals surface area contributed by atoms with Crippen LogP contribution < -0.4 is 10.2 Å². The van der Waals surface area contributed by atoms with Crippen molar-refractivity contribution in [2.24, 2.45) is 5.10 Å². The molecule has 0 atom stereocenters.